The van der Waals surface area contributed by atoms with Crippen molar-refractivity contribution in [1.29, 1.82) is 0 Å². The number of rotatable bonds is 4. The van der Waals surface area contributed by atoms with Crippen molar-refractivity contribution in [3.63, 3.8) is 0 Å². The molecule has 120 valence electrons. The minimum Gasteiger partial charge on any atom is -0.339 e. The van der Waals surface area contributed by atoms with Crippen LogP contribution in [-0.4, -0.2) is 29.9 Å². The Labute approximate surface area is 138 Å². The van der Waals surface area contributed by atoms with Crippen molar-refractivity contribution in [3.8, 4) is 0 Å². The van der Waals surface area contributed by atoms with Crippen LogP contribution in [-0.2, 0) is 4.79 Å². The maximum atomic E-state index is 13.3. The van der Waals surface area contributed by atoms with Gasteiger partial charge in [0.1, 0.15) is 0 Å². The molecule has 2 N–H and O–H groups in total. The largest absolute Gasteiger partial charge is 0.339 e. The predicted molar refractivity (Wildman–Crippen MR) is 93.1 cm³/mol. The Hall–Kier alpha value is -2.13. The summed E-state index contributed by atoms with van der Waals surface area (Å²) in [5.74, 6) is 0.364. The molecular weight excluding hydrogens is 284 g/mol. The molecule has 0 saturated carbocycles. The average Bonchev–Trinajstić information content (AvgIpc) is 2.98. The number of amides is 1. The van der Waals surface area contributed by atoms with Crippen LogP contribution in [0.25, 0.3) is 0 Å². The van der Waals surface area contributed by atoms with E-state index < -0.39 is 0 Å². The first kappa shape index (κ1) is 15.8. The molecule has 2 aromatic carbocycles. The van der Waals surface area contributed by atoms with Gasteiger partial charge >= 0.3 is 0 Å². The molecular formula is C20H24N2O. The maximum absolute atomic E-state index is 13.3. The molecule has 0 spiro atoms. The average molecular weight is 308 g/mol. The molecule has 3 heteroatoms. The van der Waals surface area contributed by atoms with E-state index in [9.17, 15) is 4.79 Å². The lowest BCUT2D eigenvalue weighted by Gasteiger charge is -2.27. The molecule has 1 saturated heterocycles. The van der Waals surface area contributed by atoms with Gasteiger partial charge in [0.2, 0.25) is 5.91 Å². The second kappa shape index (κ2) is 6.97. The van der Waals surface area contributed by atoms with Crippen LogP contribution in [0, 0.1) is 5.92 Å². The number of carbonyl (C=O) groups excluding carboxylic acids is 1. The first-order valence-corrected chi connectivity index (χ1v) is 8.31. The normalized spacial score (nSPS) is 20.9. The molecule has 2 aromatic rings. The highest BCUT2D eigenvalue weighted by Crippen LogP contribution is 2.31. The first-order chi connectivity index (χ1) is 11.2. The number of nitrogens with two attached hydrogens (primary N) is 1. The van der Waals surface area contributed by atoms with E-state index in [0.29, 0.717) is 12.5 Å². The number of benzene rings is 2. The van der Waals surface area contributed by atoms with Gasteiger partial charge in [-0.1, -0.05) is 60.7 Å². The second-order valence-electron chi connectivity index (χ2n) is 6.43. The fraction of sp³-hybridized carbons (Fsp3) is 0.350. The minimum atomic E-state index is -0.239. The molecule has 23 heavy (non-hydrogen) atoms. The fourth-order valence-electron chi connectivity index (χ4n) is 3.55. The maximum Gasteiger partial charge on any atom is 0.234 e. The van der Waals surface area contributed by atoms with Crippen LogP contribution in [0.3, 0.4) is 0 Å². The van der Waals surface area contributed by atoms with E-state index in [1.807, 2.05) is 65.6 Å². The lowest BCUT2D eigenvalue weighted by Crippen LogP contribution is -2.38. The van der Waals surface area contributed by atoms with Gasteiger partial charge in [0.05, 0.1) is 5.92 Å². The van der Waals surface area contributed by atoms with E-state index >= 15 is 0 Å². The highest BCUT2D eigenvalue weighted by atomic mass is 16.2. The zero-order chi connectivity index (χ0) is 16.2. The Kier molecular flexibility index (Phi) is 4.77. The number of hydrogen-bond donors (Lipinski definition) is 1. The van der Waals surface area contributed by atoms with Crippen molar-refractivity contribution >= 4 is 5.91 Å². The number of nitrogens with zero attached hydrogens (tertiary/aromatic N) is 1. The van der Waals surface area contributed by atoms with E-state index in [2.05, 4.69) is 6.92 Å². The molecule has 0 radical (unpaired) electrons. The topological polar surface area (TPSA) is 46.3 Å². The third kappa shape index (κ3) is 3.30. The smallest absolute Gasteiger partial charge is 0.234 e. The molecule has 2 unspecified atom stereocenters. The van der Waals surface area contributed by atoms with E-state index in [-0.39, 0.29) is 17.9 Å². The van der Waals surface area contributed by atoms with Crippen LogP contribution < -0.4 is 5.73 Å². The third-order valence-corrected chi connectivity index (χ3v) is 4.79. The molecule has 3 rings (SSSR count). The number of hydrogen-bond acceptors (Lipinski definition) is 2. The molecule has 0 bridgehead atoms. The van der Waals surface area contributed by atoms with E-state index in [1.165, 1.54) is 0 Å². The van der Waals surface area contributed by atoms with Gasteiger partial charge in [-0.25, -0.2) is 0 Å². The molecule has 0 aromatic heterocycles. The summed E-state index contributed by atoms with van der Waals surface area (Å²) in [6.07, 6.45) is 0.999. The summed E-state index contributed by atoms with van der Waals surface area (Å²) < 4.78 is 0. The van der Waals surface area contributed by atoms with Crippen molar-refractivity contribution in [2.75, 3.05) is 13.1 Å². The summed E-state index contributed by atoms with van der Waals surface area (Å²) in [7, 11) is 0. The molecule has 1 heterocycles. The summed E-state index contributed by atoms with van der Waals surface area (Å²) in [5, 5.41) is 0. The van der Waals surface area contributed by atoms with Crippen molar-refractivity contribution in [3.05, 3.63) is 71.8 Å². The van der Waals surface area contributed by atoms with E-state index in [4.69, 9.17) is 5.73 Å². The van der Waals surface area contributed by atoms with Crippen molar-refractivity contribution in [2.24, 2.45) is 11.7 Å². The lowest BCUT2D eigenvalue weighted by atomic mass is 9.90. The molecule has 1 aliphatic rings. The van der Waals surface area contributed by atoms with Crippen LogP contribution in [0.4, 0.5) is 0 Å². The monoisotopic (exact) mass is 308 g/mol. The summed E-state index contributed by atoms with van der Waals surface area (Å²) >= 11 is 0. The van der Waals surface area contributed by atoms with Gasteiger partial charge in [-0.15, -0.1) is 0 Å². The van der Waals surface area contributed by atoms with Crippen molar-refractivity contribution in [2.45, 2.75) is 25.3 Å². The van der Waals surface area contributed by atoms with Crippen LogP contribution in [0.15, 0.2) is 60.7 Å². The number of likely N-dealkylation sites (tertiary alicyclic amines) is 1. The highest BCUT2D eigenvalue weighted by molar-refractivity contribution is 5.87. The fourth-order valence-corrected chi connectivity index (χ4v) is 3.55. The van der Waals surface area contributed by atoms with Crippen LogP contribution >= 0.6 is 0 Å². The second-order valence-corrected chi connectivity index (χ2v) is 6.43. The van der Waals surface area contributed by atoms with Gasteiger partial charge in [0.25, 0.3) is 0 Å². The minimum absolute atomic E-state index is 0.186. The van der Waals surface area contributed by atoms with Crippen LogP contribution in [0.2, 0.25) is 0 Å². The zero-order valence-corrected chi connectivity index (χ0v) is 13.6. The highest BCUT2D eigenvalue weighted by Gasteiger charge is 2.36. The molecule has 2 atom stereocenters. The Balaban J connectivity index is 1.94. The lowest BCUT2D eigenvalue weighted by molar-refractivity contribution is -0.132. The van der Waals surface area contributed by atoms with Gasteiger partial charge in [-0.05, 0) is 36.9 Å². The first-order valence-electron chi connectivity index (χ1n) is 8.31. The Morgan fingerprint density at radius 3 is 2.04 bits per heavy atom. The van der Waals surface area contributed by atoms with E-state index in [0.717, 1.165) is 24.1 Å². The van der Waals surface area contributed by atoms with Crippen molar-refractivity contribution < 1.29 is 4.79 Å². The molecule has 1 aliphatic heterocycles. The summed E-state index contributed by atoms with van der Waals surface area (Å²) in [6.45, 7) is 3.54. The third-order valence-electron chi connectivity index (χ3n) is 4.79. The molecule has 0 aliphatic carbocycles. The molecule has 1 fully saturated rings. The quantitative estimate of drug-likeness (QED) is 0.944. The Bertz CT molecular complexity index is 602. The Morgan fingerprint density at radius 2 is 1.61 bits per heavy atom. The van der Waals surface area contributed by atoms with Gasteiger partial charge in [-0.3, -0.25) is 4.79 Å². The SMILES string of the molecule is CC1CC(CN)CN1C(=O)C(c1ccccc1)c1ccccc1. The number of carbonyl (C=O) groups is 1. The molecule has 1 amide bonds. The predicted octanol–water partition coefficient (Wildman–Crippen LogP) is 3.01. The van der Waals surface area contributed by atoms with Crippen LogP contribution in [0.1, 0.15) is 30.4 Å². The van der Waals surface area contributed by atoms with Crippen molar-refractivity contribution in [1.82, 2.24) is 4.90 Å². The van der Waals surface area contributed by atoms with Gasteiger partial charge in [0.15, 0.2) is 0 Å². The summed E-state index contributed by atoms with van der Waals surface area (Å²) in [5.41, 5.74) is 7.92. The standard InChI is InChI=1S/C20H24N2O/c1-15-12-16(13-21)14-22(15)20(23)19(17-8-4-2-5-9-17)18-10-6-3-7-11-18/h2-11,15-16,19H,12-14,21H2,1H3. The van der Waals surface area contributed by atoms with Crippen LogP contribution in [0.5, 0.6) is 0 Å². The summed E-state index contributed by atoms with van der Waals surface area (Å²) in [4.78, 5) is 15.3. The molecule has 3 nitrogen and oxygen atoms in total. The Morgan fingerprint density at radius 1 is 1.09 bits per heavy atom. The zero-order valence-electron chi connectivity index (χ0n) is 13.6. The van der Waals surface area contributed by atoms with Gasteiger partial charge in [-0.2, -0.15) is 0 Å². The van der Waals surface area contributed by atoms with Gasteiger partial charge in [0, 0.05) is 12.6 Å². The van der Waals surface area contributed by atoms with Gasteiger partial charge < -0.3 is 10.6 Å². The summed E-state index contributed by atoms with van der Waals surface area (Å²) in [6, 6.07) is 20.4. The van der Waals surface area contributed by atoms with E-state index in [1.54, 1.807) is 0 Å².